The highest BCUT2D eigenvalue weighted by Gasteiger charge is 2.14. The SMILES string of the molecule is CCC1(C)C=CC=C(CO)C=C1. The molecule has 1 unspecified atom stereocenters. The molecular weight excluding hydrogens is 148 g/mol. The number of rotatable bonds is 2. The lowest BCUT2D eigenvalue weighted by Crippen LogP contribution is -2.06. The predicted molar refractivity (Wildman–Crippen MR) is 51.8 cm³/mol. The van der Waals surface area contributed by atoms with E-state index in [0.29, 0.717) is 0 Å². The minimum atomic E-state index is 0.126. The molecule has 1 rings (SSSR count). The Bertz CT molecular complexity index is 235. The molecule has 0 radical (unpaired) electrons. The van der Waals surface area contributed by atoms with Gasteiger partial charge in [0.1, 0.15) is 0 Å². The van der Waals surface area contributed by atoms with E-state index < -0.39 is 0 Å². The molecular formula is C11H16O. The molecule has 1 heteroatoms. The molecule has 0 heterocycles. The Morgan fingerprint density at radius 1 is 1.42 bits per heavy atom. The average molecular weight is 164 g/mol. The van der Waals surface area contributed by atoms with Crippen LogP contribution in [0.4, 0.5) is 0 Å². The molecule has 0 saturated carbocycles. The molecule has 1 atom stereocenters. The molecule has 0 fully saturated rings. The van der Waals surface area contributed by atoms with Crippen LogP contribution in [0, 0.1) is 5.41 Å². The number of aliphatic hydroxyl groups excluding tert-OH is 1. The van der Waals surface area contributed by atoms with Gasteiger partial charge in [0.15, 0.2) is 0 Å². The Kier molecular flexibility index (Phi) is 2.88. The van der Waals surface area contributed by atoms with Gasteiger partial charge in [0, 0.05) is 5.41 Å². The van der Waals surface area contributed by atoms with Crippen molar-refractivity contribution in [2.45, 2.75) is 20.3 Å². The van der Waals surface area contributed by atoms with Crippen LogP contribution in [0.2, 0.25) is 0 Å². The normalized spacial score (nSPS) is 28.4. The summed E-state index contributed by atoms with van der Waals surface area (Å²) < 4.78 is 0. The molecule has 1 nitrogen and oxygen atoms in total. The molecule has 0 spiro atoms. The predicted octanol–water partition coefficient (Wildman–Crippen LogP) is 2.45. The van der Waals surface area contributed by atoms with Crippen LogP contribution in [-0.4, -0.2) is 11.7 Å². The highest BCUT2D eigenvalue weighted by Crippen LogP contribution is 2.27. The van der Waals surface area contributed by atoms with Gasteiger partial charge in [-0.05, 0) is 12.0 Å². The minimum Gasteiger partial charge on any atom is -0.392 e. The van der Waals surface area contributed by atoms with Crippen molar-refractivity contribution in [3.05, 3.63) is 36.0 Å². The van der Waals surface area contributed by atoms with Gasteiger partial charge in [-0.15, -0.1) is 0 Å². The van der Waals surface area contributed by atoms with Crippen LogP contribution in [-0.2, 0) is 0 Å². The third-order valence-electron chi connectivity index (χ3n) is 2.41. The fourth-order valence-corrected chi connectivity index (χ4v) is 1.14. The third kappa shape index (κ3) is 2.08. The van der Waals surface area contributed by atoms with Gasteiger partial charge in [-0.2, -0.15) is 0 Å². The van der Waals surface area contributed by atoms with Gasteiger partial charge in [-0.3, -0.25) is 0 Å². The molecule has 66 valence electrons. The maximum absolute atomic E-state index is 8.91. The fourth-order valence-electron chi connectivity index (χ4n) is 1.14. The van der Waals surface area contributed by atoms with Crippen molar-refractivity contribution in [3.8, 4) is 0 Å². The Labute approximate surface area is 74.1 Å². The number of allylic oxidation sites excluding steroid dienone is 4. The van der Waals surface area contributed by atoms with Gasteiger partial charge in [-0.25, -0.2) is 0 Å². The summed E-state index contributed by atoms with van der Waals surface area (Å²) in [6, 6.07) is 0. The van der Waals surface area contributed by atoms with E-state index in [1.165, 1.54) is 0 Å². The number of hydrogen-bond donors (Lipinski definition) is 1. The Hall–Kier alpha value is -0.820. The summed E-state index contributed by atoms with van der Waals surface area (Å²) in [6.45, 7) is 4.48. The minimum absolute atomic E-state index is 0.126. The van der Waals surface area contributed by atoms with E-state index in [9.17, 15) is 0 Å². The summed E-state index contributed by atoms with van der Waals surface area (Å²) in [7, 11) is 0. The zero-order valence-corrected chi connectivity index (χ0v) is 7.75. The van der Waals surface area contributed by atoms with Gasteiger partial charge < -0.3 is 5.11 Å². The Morgan fingerprint density at radius 3 is 2.75 bits per heavy atom. The lowest BCUT2D eigenvalue weighted by molar-refractivity contribution is 0.335. The second-order valence-electron chi connectivity index (χ2n) is 3.45. The van der Waals surface area contributed by atoms with Crippen LogP contribution in [0.1, 0.15) is 20.3 Å². The highest BCUT2D eigenvalue weighted by molar-refractivity contribution is 5.31. The first-order chi connectivity index (χ1) is 5.70. The van der Waals surface area contributed by atoms with Crippen LogP contribution in [0.3, 0.4) is 0 Å². The standard InChI is InChI=1S/C11H16O/c1-3-11(2)7-4-5-10(9-12)6-8-11/h4-8,12H,3,9H2,1-2H3. The third-order valence-corrected chi connectivity index (χ3v) is 2.41. The first-order valence-corrected chi connectivity index (χ1v) is 4.39. The molecule has 0 aromatic carbocycles. The van der Waals surface area contributed by atoms with Crippen molar-refractivity contribution in [2.24, 2.45) is 5.41 Å². The van der Waals surface area contributed by atoms with E-state index in [-0.39, 0.29) is 12.0 Å². The van der Waals surface area contributed by atoms with Crippen molar-refractivity contribution in [3.63, 3.8) is 0 Å². The molecule has 0 aromatic rings. The van der Waals surface area contributed by atoms with Crippen LogP contribution >= 0.6 is 0 Å². The molecule has 0 saturated heterocycles. The average Bonchev–Trinajstić information content (AvgIpc) is 2.28. The molecule has 12 heavy (non-hydrogen) atoms. The molecule has 1 N–H and O–H groups in total. The smallest absolute Gasteiger partial charge is 0.0681 e. The second kappa shape index (κ2) is 3.72. The van der Waals surface area contributed by atoms with Crippen molar-refractivity contribution in [1.82, 2.24) is 0 Å². The highest BCUT2D eigenvalue weighted by atomic mass is 16.3. The second-order valence-corrected chi connectivity index (χ2v) is 3.45. The first-order valence-electron chi connectivity index (χ1n) is 4.39. The lowest BCUT2D eigenvalue weighted by Gasteiger charge is -2.17. The summed E-state index contributed by atoms with van der Waals surface area (Å²) in [6.07, 6.45) is 11.4. The van der Waals surface area contributed by atoms with Crippen LogP contribution in [0.5, 0.6) is 0 Å². The summed E-state index contributed by atoms with van der Waals surface area (Å²) in [5.74, 6) is 0. The molecule has 0 amide bonds. The van der Waals surface area contributed by atoms with Crippen molar-refractivity contribution >= 4 is 0 Å². The monoisotopic (exact) mass is 164 g/mol. The van der Waals surface area contributed by atoms with E-state index in [2.05, 4.69) is 26.0 Å². The quantitative estimate of drug-likeness (QED) is 0.664. The molecule has 1 aliphatic carbocycles. The van der Waals surface area contributed by atoms with Gasteiger partial charge in [0.25, 0.3) is 0 Å². The summed E-state index contributed by atoms with van der Waals surface area (Å²) in [5.41, 5.74) is 1.14. The zero-order valence-electron chi connectivity index (χ0n) is 7.75. The van der Waals surface area contributed by atoms with Gasteiger partial charge >= 0.3 is 0 Å². The van der Waals surface area contributed by atoms with Crippen LogP contribution in [0.15, 0.2) is 36.0 Å². The van der Waals surface area contributed by atoms with Crippen LogP contribution in [0.25, 0.3) is 0 Å². The summed E-state index contributed by atoms with van der Waals surface area (Å²) in [4.78, 5) is 0. The molecule has 0 aliphatic heterocycles. The zero-order chi connectivity index (χ0) is 9.03. The van der Waals surface area contributed by atoms with E-state index in [1.54, 1.807) is 0 Å². The lowest BCUT2D eigenvalue weighted by atomic mass is 9.87. The Balaban J connectivity index is 2.82. The topological polar surface area (TPSA) is 20.2 Å². The van der Waals surface area contributed by atoms with Crippen molar-refractivity contribution in [2.75, 3.05) is 6.61 Å². The molecule has 1 aliphatic rings. The van der Waals surface area contributed by atoms with E-state index >= 15 is 0 Å². The largest absolute Gasteiger partial charge is 0.392 e. The summed E-state index contributed by atoms with van der Waals surface area (Å²) >= 11 is 0. The fraction of sp³-hybridized carbons (Fsp3) is 0.455. The number of aliphatic hydroxyl groups is 1. The number of hydrogen-bond acceptors (Lipinski definition) is 1. The van der Waals surface area contributed by atoms with Gasteiger partial charge in [-0.1, -0.05) is 44.2 Å². The van der Waals surface area contributed by atoms with Crippen LogP contribution < -0.4 is 0 Å². The first kappa shape index (κ1) is 9.27. The van der Waals surface area contributed by atoms with Gasteiger partial charge in [0.05, 0.1) is 6.61 Å². The maximum Gasteiger partial charge on any atom is 0.0681 e. The summed E-state index contributed by atoms with van der Waals surface area (Å²) in [5, 5.41) is 8.91. The van der Waals surface area contributed by atoms with Gasteiger partial charge in [0.2, 0.25) is 0 Å². The van der Waals surface area contributed by atoms with E-state index in [4.69, 9.17) is 5.11 Å². The maximum atomic E-state index is 8.91. The van der Waals surface area contributed by atoms with E-state index in [0.717, 1.165) is 12.0 Å². The van der Waals surface area contributed by atoms with E-state index in [1.807, 2.05) is 18.2 Å². The van der Waals surface area contributed by atoms with Crippen molar-refractivity contribution < 1.29 is 5.11 Å². The van der Waals surface area contributed by atoms with Crippen molar-refractivity contribution in [1.29, 1.82) is 0 Å². The molecule has 0 aromatic heterocycles. The molecule has 0 bridgehead atoms. The Morgan fingerprint density at radius 2 is 2.17 bits per heavy atom.